The van der Waals surface area contributed by atoms with E-state index in [1.807, 2.05) is 33.9 Å². The Hall–Kier alpha value is -3.17. The number of hydrogen-bond acceptors (Lipinski definition) is 7. The summed E-state index contributed by atoms with van der Waals surface area (Å²) >= 11 is 3.30. The first-order chi connectivity index (χ1) is 21.5. The number of esters is 1. The van der Waals surface area contributed by atoms with Crippen LogP contribution in [0.2, 0.25) is 18.1 Å². The van der Waals surface area contributed by atoms with Gasteiger partial charge in [-0.25, -0.2) is 9.18 Å². The smallest absolute Gasteiger partial charge is 0.471 e. The number of anilines is 1. The third-order valence-corrected chi connectivity index (χ3v) is 12.6. The van der Waals surface area contributed by atoms with Crippen LogP contribution in [0, 0.1) is 5.82 Å². The van der Waals surface area contributed by atoms with Gasteiger partial charge in [-0.05, 0) is 57.0 Å². The Bertz CT molecular complexity index is 1410. The van der Waals surface area contributed by atoms with Crippen molar-refractivity contribution in [2.24, 2.45) is 0 Å². The molecular weight excluding hydrogens is 708 g/mol. The lowest BCUT2D eigenvalue weighted by Gasteiger charge is -2.37. The van der Waals surface area contributed by atoms with Crippen molar-refractivity contribution < 1.29 is 50.6 Å². The second kappa shape index (κ2) is 15.8. The summed E-state index contributed by atoms with van der Waals surface area (Å²) in [6, 6.07) is 8.81. The zero-order valence-electron chi connectivity index (χ0n) is 28.1. The molecule has 2 rings (SSSR count). The summed E-state index contributed by atoms with van der Waals surface area (Å²) < 4.78 is 80.3. The lowest BCUT2D eigenvalue weighted by atomic mass is 10.0. The highest BCUT2D eigenvalue weighted by Gasteiger charge is 2.46. The average Bonchev–Trinajstić information content (AvgIpc) is 2.93. The van der Waals surface area contributed by atoms with Crippen LogP contribution < -0.4 is 15.0 Å². The molecule has 2 aromatic rings. The van der Waals surface area contributed by atoms with E-state index in [1.54, 1.807) is 51.1 Å². The van der Waals surface area contributed by atoms with Gasteiger partial charge in [0.1, 0.15) is 30.2 Å². The van der Waals surface area contributed by atoms with Gasteiger partial charge < -0.3 is 24.0 Å². The lowest BCUT2D eigenvalue weighted by molar-refractivity contribution is -0.171. The molecule has 0 saturated carbocycles. The first-order valence-electron chi connectivity index (χ1n) is 14.7. The molecule has 1 N–H and O–H groups in total. The third-order valence-electron chi connectivity index (χ3n) is 7.38. The first kappa shape index (κ1) is 40.0. The van der Waals surface area contributed by atoms with E-state index in [9.17, 15) is 27.6 Å². The Kier molecular flexibility index (Phi) is 13.5. The molecule has 9 nitrogen and oxygen atoms in total. The Balaban J connectivity index is 2.72. The number of carbonyl (C=O) groups excluding carboxylic acids is 3. The summed E-state index contributed by atoms with van der Waals surface area (Å²) in [5, 5.41) is 2.47. The van der Waals surface area contributed by atoms with Crippen LogP contribution in [0.25, 0.3) is 0 Å². The molecule has 0 aromatic heterocycles. The number of nitrogens with one attached hydrogen (secondary N) is 1. The largest absolute Gasteiger partial charge is 0.487 e. The molecule has 2 amide bonds. The number of amides is 2. The Labute approximate surface area is 282 Å². The van der Waals surface area contributed by atoms with Gasteiger partial charge in [-0.3, -0.25) is 14.5 Å². The second-order valence-electron chi connectivity index (χ2n) is 13.4. The van der Waals surface area contributed by atoms with Crippen LogP contribution in [0.15, 0.2) is 40.9 Å². The van der Waals surface area contributed by atoms with Crippen LogP contribution >= 0.6 is 15.9 Å². The van der Waals surface area contributed by atoms with Crippen LogP contribution in [0.5, 0.6) is 5.75 Å². The number of alkyl halides is 3. The number of methoxy groups -OCH3 is 1. The van der Waals surface area contributed by atoms with Gasteiger partial charge in [-0.15, -0.1) is 0 Å². The number of benzene rings is 2. The predicted molar refractivity (Wildman–Crippen MR) is 175 cm³/mol. The first-order valence-corrected chi connectivity index (χ1v) is 18.4. The van der Waals surface area contributed by atoms with Crippen molar-refractivity contribution >= 4 is 47.9 Å². The number of halogens is 5. The summed E-state index contributed by atoms with van der Waals surface area (Å²) in [5.74, 6) is -5.47. The number of carbonyl (C=O) groups is 3. The molecule has 0 bridgehead atoms. The number of nitrogens with zero attached hydrogens (tertiary/aromatic N) is 1. The van der Waals surface area contributed by atoms with Crippen LogP contribution in [0.1, 0.15) is 52.7 Å². The van der Waals surface area contributed by atoms with Crippen LogP contribution in [-0.4, -0.2) is 64.4 Å². The average molecular weight is 752 g/mol. The molecule has 0 saturated heterocycles. The van der Waals surface area contributed by atoms with E-state index in [1.165, 1.54) is 6.07 Å². The minimum Gasteiger partial charge on any atom is -0.487 e. The standard InChI is InChI=1S/C32H43BrF4N2O7Si/c1-30(2,3)46-29(42)38-21(19-45-47(8,9)31(4,5)6)15-22-23(33)16-24(44-18-20-13-11-10-12-14-20)27(26(22)34)39(17-25(40)43-7)28(41)32(35,36)37/h10-14,16,21H,15,17-19H2,1-9H3,(H,38,42)/t21-/m0/s1. The van der Waals surface area contributed by atoms with Gasteiger partial charge in [-0.1, -0.05) is 67.0 Å². The fourth-order valence-electron chi connectivity index (χ4n) is 3.91. The molecule has 15 heteroatoms. The highest BCUT2D eigenvalue weighted by Crippen LogP contribution is 2.41. The lowest BCUT2D eigenvalue weighted by Crippen LogP contribution is -2.48. The maximum absolute atomic E-state index is 16.7. The number of ether oxygens (including phenoxy) is 3. The van der Waals surface area contributed by atoms with E-state index in [4.69, 9.17) is 13.9 Å². The van der Waals surface area contributed by atoms with E-state index < -0.39 is 67.9 Å². The van der Waals surface area contributed by atoms with Crippen LogP contribution in [-0.2, 0) is 36.5 Å². The number of hydrogen-bond donors (Lipinski definition) is 1. The van der Waals surface area contributed by atoms with Crippen LogP contribution in [0.3, 0.4) is 0 Å². The summed E-state index contributed by atoms with van der Waals surface area (Å²) in [4.78, 5) is 37.7. The molecule has 0 radical (unpaired) electrons. The minimum atomic E-state index is -5.48. The summed E-state index contributed by atoms with van der Waals surface area (Å²) in [6.07, 6.45) is -6.61. The SMILES string of the molecule is COC(=O)CN(C(=O)C(F)(F)F)c1c(OCc2ccccc2)cc(Br)c(C[C@@H](CO[Si](C)(C)C(C)(C)C)NC(=O)OC(C)(C)C)c1F. The van der Waals surface area contributed by atoms with Crippen molar-refractivity contribution in [1.29, 1.82) is 0 Å². The predicted octanol–water partition coefficient (Wildman–Crippen LogP) is 7.69. The molecule has 0 spiro atoms. The van der Waals surface area contributed by atoms with Gasteiger partial charge in [-0.2, -0.15) is 13.2 Å². The van der Waals surface area contributed by atoms with Crippen molar-refractivity contribution in [2.75, 3.05) is 25.2 Å². The highest BCUT2D eigenvalue weighted by molar-refractivity contribution is 9.10. The van der Waals surface area contributed by atoms with Gasteiger partial charge in [0.25, 0.3) is 0 Å². The van der Waals surface area contributed by atoms with Gasteiger partial charge in [0.05, 0.1) is 19.8 Å². The molecule has 1 atom stereocenters. The molecule has 0 aliphatic carbocycles. The summed E-state index contributed by atoms with van der Waals surface area (Å²) in [5.41, 5.74) is -1.40. The fraction of sp³-hybridized carbons (Fsp3) is 0.531. The van der Waals surface area contributed by atoms with Gasteiger partial charge in [0, 0.05) is 10.0 Å². The van der Waals surface area contributed by atoms with Gasteiger partial charge in [0.15, 0.2) is 14.1 Å². The molecule has 0 unspecified atom stereocenters. The maximum atomic E-state index is 16.7. The van der Waals surface area contributed by atoms with Gasteiger partial charge >= 0.3 is 24.1 Å². The molecule has 47 heavy (non-hydrogen) atoms. The quantitative estimate of drug-likeness (QED) is 0.135. The van der Waals surface area contributed by atoms with Crippen LogP contribution in [0.4, 0.5) is 28.0 Å². The molecule has 0 aliphatic rings. The van der Waals surface area contributed by atoms with Crippen molar-refractivity contribution in [3.05, 3.63) is 57.8 Å². The Morgan fingerprint density at radius 2 is 1.62 bits per heavy atom. The normalized spacial score (nSPS) is 13.1. The second-order valence-corrected chi connectivity index (χ2v) is 19.0. The Morgan fingerprint density at radius 3 is 2.13 bits per heavy atom. The zero-order chi connectivity index (χ0) is 36.0. The van der Waals surface area contributed by atoms with E-state index in [2.05, 4.69) is 26.0 Å². The number of rotatable bonds is 12. The molecule has 262 valence electrons. The zero-order valence-corrected chi connectivity index (χ0v) is 30.7. The molecule has 2 aromatic carbocycles. The fourth-order valence-corrected chi connectivity index (χ4v) is 5.50. The number of alkyl carbamates (subject to hydrolysis) is 1. The molecule has 0 aliphatic heterocycles. The maximum Gasteiger partial charge on any atom is 0.471 e. The van der Waals surface area contributed by atoms with Crippen molar-refractivity contribution in [1.82, 2.24) is 5.32 Å². The van der Waals surface area contributed by atoms with Crippen molar-refractivity contribution in [3.63, 3.8) is 0 Å². The highest BCUT2D eigenvalue weighted by atomic mass is 79.9. The third kappa shape index (κ3) is 11.8. The van der Waals surface area contributed by atoms with Crippen molar-refractivity contribution in [3.8, 4) is 5.75 Å². The summed E-state index contributed by atoms with van der Waals surface area (Å²) in [7, 11) is -1.48. The van der Waals surface area contributed by atoms with Crippen molar-refractivity contribution in [2.45, 2.75) is 90.5 Å². The molecule has 0 heterocycles. The van der Waals surface area contributed by atoms with Gasteiger partial charge in [0.2, 0.25) is 0 Å². The van der Waals surface area contributed by atoms with E-state index >= 15 is 4.39 Å². The molecular formula is C32H43BrF4N2O7Si. The molecule has 0 fully saturated rings. The minimum absolute atomic E-state index is 0.0557. The van der Waals surface area contributed by atoms with E-state index in [-0.39, 0.29) is 39.6 Å². The summed E-state index contributed by atoms with van der Waals surface area (Å²) in [6.45, 7) is 13.5. The monoisotopic (exact) mass is 750 g/mol. The Morgan fingerprint density at radius 1 is 1.02 bits per heavy atom. The van der Waals surface area contributed by atoms with E-state index in [0.29, 0.717) is 5.56 Å². The van der Waals surface area contributed by atoms with E-state index in [0.717, 1.165) is 7.11 Å². The topological polar surface area (TPSA) is 103 Å².